The molecule has 1 aliphatic rings. The third kappa shape index (κ3) is 4.47. The first-order chi connectivity index (χ1) is 17.2. The second kappa shape index (κ2) is 9.98. The molecule has 1 aliphatic heterocycles. The van der Waals surface area contributed by atoms with Crippen LogP contribution in [-0.2, 0) is 20.9 Å². The summed E-state index contributed by atoms with van der Waals surface area (Å²) in [5.41, 5.74) is 2.60. The summed E-state index contributed by atoms with van der Waals surface area (Å²) in [6.45, 7) is 2.70. The zero-order chi connectivity index (χ0) is 24.2. The molecule has 4 aromatic rings. The summed E-state index contributed by atoms with van der Waals surface area (Å²) < 4.78 is 18.0. The molecule has 0 atom stereocenters. The zero-order valence-corrected chi connectivity index (χ0v) is 19.3. The van der Waals surface area contributed by atoms with Crippen LogP contribution in [0, 0.1) is 0 Å². The summed E-state index contributed by atoms with van der Waals surface area (Å²) >= 11 is 0. The number of ether oxygens (including phenoxy) is 3. The van der Waals surface area contributed by atoms with Crippen LogP contribution in [0.15, 0.2) is 54.9 Å². The Morgan fingerprint density at radius 3 is 2.66 bits per heavy atom. The van der Waals surface area contributed by atoms with E-state index >= 15 is 0 Å². The van der Waals surface area contributed by atoms with Gasteiger partial charge in [0.2, 0.25) is 0 Å². The summed E-state index contributed by atoms with van der Waals surface area (Å²) in [7, 11) is 1.27. The van der Waals surface area contributed by atoms with Gasteiger partial charge in [-0.3, -0.25) is 9.59 Å². The highest BCUT2D eigenvalue weighted by molar-refractivity contribution is 6.11. The number of carbonyl (C=O) groups excluding carboxylic acids is 2. The molecule has 10 heteroatoms. The molecule has 0 aliphatic carbocycles. The third-order valence-corrected chi connectivity index (χ3v) is 5.90. The highest BCUT2D eigenvalue weighted by Gasteiger charge is 2.26. The first-order valence-electron chi connectivity index (χ1n) is 11.3. The fourth-order valence-electron chi connectivity index (χ4n) is 4.21. The maximum Gasteiger partial charge on any atom is 0.325 e. The number of carbonyl (C=O) groups is 2. The highest BCUT2D eigenvalue weighted by Crippen LogP contribution is 2.38. The maximum atomic E-state index is 13.3. The smallest absolute Gasteiger partial charge is 0.325 e. The SMILES string of the molecule is COC(=O)CNC(=O)c1c(OCc2ccccc2)c2cccc(N3CCOCC3)c2c2ncnn12. The zero-order valence-electron chi connectivity index (χ0n) is 19.3. The number of esters is 1. The third-order valence-electron chi connectivity index (χ3n) is 5.90. The van der Waals surface area contributed by atoms with Crippen molar-refractivity contribution in [2.45, 2.75) is 6.61 Å². The van der Waals surface area contributed by atoms with Gasteiger partial charge in [0.15, 0.2) is 17.1 Å². The molecule has 3 heterocycles. The Balaban J connectivity index is 1.68. The predicted molar refractivity (Wildman–Crippen MR) is 129 cm³/mol. The molecule has 2 aromatic heterocycles. The number of nitrogens with zero attached hydrogens (tertiary/aromatic N) is 4. The van der Waals surface area contributed by atoms with E-state index < -0.39 is 11.9 Å². The average molecular weight is 476 g/mol. The Kier molecular flexibility index (Phi) is 6.44. The van der Waals surface area contributed by atoms with Gasteiger partial charge >= 0.3 is 5.97 Å². The Bertz CT molecular complexity index is 1370. The van der Waals surface area contributed by atoms with Gasteiger partial charge in [0, 0.05) is 24.2 Å². The van der Waals surface area contributed by atoms with Crippen LogP contribution >= 0.6 is 0 Å². The summed E-state index contributed by atoms with van der Waals surface area (Å²) in [4.78, 5) is 31.7. The van der Waals surface area contributed by atoms with Crippen molar-refractivity contribution in [1.29, 1.82) is 0 Å². The first kappa shape index (κ1) is 22.6. The van der Waals surface area contributed by atoms with E-state index in [0.717, 1.165) is 35.1 Å². The van der Waals surface area contributed by atoms with Crippen molar-refractivity contribution in [3.05, 3.63) is 66.1 Å². The van der Waals surface area contributed by atoms with E-state index in [1.54, 1.807) is 0 Å². The lowest BCUT2D eigenvalue weighted by molar-refractivity contribution is -0.139. The van der Waals surface area contributed by atoms with Crippen molar-refractivity contribution in [3.63, 3.8) is 0 Å². The van der Waals surface area contributed by atoms with Crippen LogP contribution in [0.5, 0.6) is 5.75 Å². The average Bonchev–Trinajstić information content (AvgIpc) is 3.40. The van der Waals surface area contributed by atoms with Gasteiger partial charge in [0.1, 0.15) is 19.5 Å². The van der Waals surface area contributed by atoms with Gasteiger partial charge < -0.3 is 24.4 Å². The molecule has 180 valence electrons. The van der Waals surface area contributed by atoms with Crippen molar-refractivity contribution < 1.29 is 23.8 Å². The number of aromatic nitrogens is 3. The minimum absolute atomic E-state index is 0.156. The van der Waals surface area contributed by atoms with Gasteiger partial charge in [-0.1, -0.05) is 42.5 Å². The minimum Gasteiger partial charge on any atom is -0.486 e. The Hall–Kier alpha value is -4.18. The Morgan fingerprint density at radius 2 is 1.89 bits per heavy atom. The lowest BCUT2D eigenvalue weighted by Crippen LogP contribution is -2.36. The molecule has 35 heavy (non-hydrogen) atoms. The quantitative estimate of drug-likeness (QED) is 0.406. The molecule has 0 unspecified atom stereocenters. The number of benzene rings is 2. The molecule has 2 aromatic carbocycles. The summed E-state index contributed by atoms with van der Waals surface area (Å²) in [6, 6.07) is 15.6. The van der Waals surface area contributed by atoms with Crippen LogP contribution in [0.2, 0.25) is 0 Å². The lowest BCUT2D eigenvalue weighted by atomic mass is 10.1. The molecule has 0 saturated carbocycles. The van der Waals surface area contributed by atoms with Crippen molar-refractivity contribution in [2.24, 2.45) is 0 Å². The number of hydrogen-bond acceptors (Lipinski definition) is 8. The monoisotopic (exact) mass is 475 g/mol. The van der Waals surface area contributed by atoms with Crippen LogP contribution in [-0.4, -0.2) is 66.4 Å². The molecule has 1 saturated heterocycles. The van der Waals surface area contributed by atoms with Crippen molar-refractivity contribution in [3.8, 4) is 5.75 Å². The van der Waals surface area contributed by atoms with E-state index in [4.69, 9.17) is 9.47 Å². The fourth-order valence-corrected chi connectivity index (χ4v) is 4.21. The van der Waals surface area contributed by atoms with Crippen LogP contribution < -0.4 is 15.0 Å². The molecule has 0 radical (unpaired) electrons. The first-order valence-corrected chi connectivity index (χ1v) is 11.3. The normalized spacial score (nSPS) is 13.7. The molecular weight excluding hydrogens is 450 g/mol. The van der Waals surface area contributed by atoms with Crippen LogP contribution in [0.3, 0.4) is 0 Å². The van der Waals surface area contributed by atoms with Gasteiger partial charge in [-0.25, -0.2) is 9.50 Å². The standard InChI is InChI=1S/C25H25N5O5/c1-33-20(31)14-26-25(32)22-23(35-15-17-6-3-2-4-7-17)18-8-5-9-19(29-10-12-34-13-11-29)21(18)24-27-16-28-30(22)24/h2-9,16H,10-15H2,1H3,(H,26,32). The number of morpholine rings is 1. The number of methoxy groups -OCH3 is 1. The Labute approximate surface area is 201 Å². The summed E-state index contributed by atoms with van der Waals surface area (Å²) in [5, 5.41) is 8.51. The molecule has 0 bridgehead atoms. The fraction of sp³-hybridized carbons (Fsp3) is 0.280. The van der Waals surface area contributed by atoms with E-state index in [9.17, 15) is 9.59 Å². The van der Waals surface area contributed by atoms with Crippen molar-refractivity contribution in [2.75, 3.05) is 44.9 Å². The van der Waals surface area contributed by atoms with Gasteiger partial charge in [0.25, 0.3) is 5.91 Å². The number of amides is 1. The topological polar surface area (TPSA) is 107 Å². The maximum absolute atomic E-state index is 13.3. The molecule has 1 N–H and O–H groups in total. The number of anilines is 1. The second-order valence-corrected chi connectivity index (χ2v) is 8.01. The molecule has 10 nitrogen and oxygen atoms in total. The molecule has 5 rings (SSSR count). The van der Waals surface area contributed by atoms with Gasteiger partial charge in [-0.15, -0.1) is 0 Å². The molecular formula is C25H25N5O5. The van der Waals surface area contributed by atoms with E-state index in [1.807, 2.05) is 48.5 Å². The number of pyridine rings is 1. The molecule has 1 fully saturated rings. The van der Waals surface area contributed by atoms with E-state index in [0.29, 0.717) is 24.6 Å². The van der Waals surface area contributed by atoms with Crippen LogP contribution in [0.4, 0.5) is 5.69 Å². The van der Waals surface area contributed by atoms with Gasteiger partial charge in [0.05, 0.1) is 25.7 Å². The number of rotatable bonds is 7. The number of hydrogen-bond donors (Lipinski definition) is 1. The molecule has 1 amide bonds. The summed E-state index contributed by atoms with van der Waals surface area (Å²) in [5.74, 6) is -0.720. The van der Waals surface area contributed by atoms with Gasteiger partial charge in [-0.2, -0.15) is 5.10 Å². The highest BCUT2D eigenvalue weighted by atomic mass is 16.5. The van der Waals surface area contributed by atoms with Crippen molar-refractivity contribution in [1.82, 2.24) is 19.9 Å². The lowest BCUT2D eigenvalue weighted by Gasteiger charge is -2.30. The number of fused-ring (bicyclic) bond motifs is 3. The van der Waals surface area contributed by atoms with E-state index in [1.165, 1.54) is 18.0 Å². The summed E-state index contributed by atoms with van der Waals surface area (Å²) in [6.07, 6.45) is 1.41. The Morgan fingerprint density at radius 1 is 1.09 bits per heavy atom. The predicted octanol–water partition coefficient (Wildman–Crippen LogP) is 2.20. The van der Waals surface area contributed by atoms with Crippen molar-refractivity contribution >= 4 is 34.0 Å². The largest absolute Gasteiger partial charge is 0.486 e. The van der Waals surface area contributed by atoms with E-state index in [-0.39, 0.29) is 18.8 Å². The second-order valence-electron chi connectivity index (χ2n) is 8.01. The number of nitrogens with one attached hydrogen (secondary N) is 1. The van der Waals surface area contributed by atoms with Crippen LogP contribution in [0.1, 0.15) is 16.1 Å². The van der Waals surface area contributed by atoms with E-state index in [2.05, 4.69) is 25.0 Å². The van der Waals surface area contributed by atoms with Crippen LogP contribution in [0.25, 0.3) is 16.4 Å². The molecule has 0 spiro atoms. The van der Waals surface area contributed by atoms with Gasteiger partial charge in [-0.05, 0) is 11.6 Å². The minimum atomic E-state index is -0.560.